The Morgan fingerprint density at radius 3 is 2.88 bits per heavy atom. The van der Waals surface area contributed by atoms with Crippen LogP contribution in [0.3, 0.4) is 0 Å². The third kappa shape index (κ3) is 4.02. The van der Waals surface area contributed by atoms with E-state index in [9.17, 15) is 4.79 Å². The summed E-state index contributed by atoms with van der Waals surface area (Å²) in [6.07, 6.45) is 0. The molecule has 26 heavy (non-hydrogen) atoms. The summed E-state index contributed by atoms with van der Waals surface area (Å²) in [5.41, 5.74) is 1.58. The van der Waals surface area contributed by atoms with E-state index in [4.69, 9.17) is 16.9 Å². The molecule has 2 aromatic carbocycles. The number of thioether (sulfide) groups is 1. The average molecular weight is 385 g/mol. The summed E-state index contributed by atoms with van der Waals surface area (Å²) in [5.74, 6) is -0.252. The number of carbonyl (C=O) groups is 1. The summed E-state index contributed by atoms with van der Waals surface area (Å²) in [6.45, 7) is 1.74. The zero-order valence-corrected chi connectivity index (χ0v) is 15.2. The van der Waals surface area contributed by atoms with Gasteiger partial charge in [0.1, 0.15) is 6.07 Å². The van der Waals surface area contributed by atoms with Crippen LogP contribution in [-0.4, -0.2) is 31.4 Å². The molecule has 3 rings (SSSR count). The Labute approximate surface area is 159 Å². The quantitative estimate of drug-likeness (QED) is 0.678. The van der Waals surface area contributed by atoms with Crippen LogP contribution in [0.1, 0.15) is 12.5 Å². The zero-order valence-electron chi connectivity index (χ0n) is 13.6. The number of nitriles is 1. The number of tetrazole rings is 1. The normalized spacial score (nSPS) is 11.6. The molecule has 1 heterocycles. The van der Waals surface area contributed by atoms with Gasteiger partial charge in [0.15, 0.2) is 0 Å². The second-order valence-electron chi connectivity index (χ2n) is 5.26. The first-order chi connectivity index (χ1) is 12.6. The van der Waals surface area contributed by atoms with Gasteiger partial charge in [0.05, 0.1) is 22.2 Å². The second-order valence-corrected chi connectivity index (χ2v) is 7.00. The van der Waals surface area contributed by atoms with Crippen molar-refractivity contribution in [2.75, 3.05) is 5.32 Å². The van der Waals surface area contributed by atoms with Crippen molar-refractivity contribution in [3.63, 3.8) is 0 Å². The van der Waals surface area contributed by atoms with Crippen molar-refractivity contribution >= 4 is 35.0 Å². The van der Waals surface area contributed by atoms with Gasteiger partial charge in [-0.3, -0.25) is 4.79 Å². The van der Waals surface area contributed by atoms with Crippen LogP contribution in [0.25, 0.3) is 5.69 Å². The number of hydrogen-bond acceptors (Lipinski definition) is 6. The molecular formula is C17H13ClN6OS. The number of anilines is 1. The minimum absolute atomic E-state index is 0.252. The third-order valence-electron chi connectivity index (χ3n) is 3.45. The van der Waals surface area contributed by atoms with Gasteiger partial charge in [0, 0.05) is 5.02 Å². The highest BCUT2D eigenvalue weighted by Gasteiger charge is 2.20. The summed E-state index contributed by atoms with van der Waals surface area (Å²) in [7, 11) is 0. The molecular weight excluding hydrogens is 372 g/mol. The molecule has 9 heteroatoms. The highest BCUT2D eigenvalue weighted by atomic mass is 35.5. The topological polar surface area (TPSA) is 96.5 Å². The largest absolute Gasteiger partial charge is 0.324 e. The molecule has 1 amide bonds. The number of para-hydroxylation sites is 1. The van der Waals surface area contributed by atoms with E-state index in [1.165, 1.54) is 16.4 Å². The van der Waals surface area contributed by atoms with E-state index < -0.39 is 5.25 Å². The summed E-state index contributed by atoms with van der Waals surface area (Å²) in [4.78, 5) is 12.5. The van der Waals surface area contributed by atoms with E-state index in [2.05, 4.69) is 26.9 Å². The summed E-state index contributed by atoms with van der Waals surface area (Å²) in [5, 5.41) is 24.0. The lowest BCUT2D eigenvalue weighted by Crippen LogP contribution is -2.23. The van der Waals surface area contributed by atoms with Crippen LogP contribution in [0.15, 0.2) is 53.7 Å². The third-order valence-corrected chi connectivity index (χ3v) is 4.72. The Morgan fingerprint density at radius 2 is 2.12 bits per heavy atom. The first-order valence-electron chi connectivity index (χ1n) is 7.59. The number of hydrogen-bond donors (Lipinski definition) is 1. The van der Waals surface area contributed by atoms with E-state index in [0.29, 0.717) is 27.1 Å². The van der Waals surface area contributed by atoms with Crippen LogP contribution in [0.4, 0.5) is 5.69 Å². The van der Waals surface area contributed by atoms with E-state index in [0.717, 1.165) is 0 Å². The van der Waals surface area contributed by atoms with Gasteiger partial charge in [-0.05, 0) is 47.7 Å². The maximum atomic E-state index is 12.5. The maximum absolute atomic E-state index is 12.5. The van der Waals surface area contributed by atoms with Crippen LogP contribution >= 0.6 is 23.4 Å². The molecule has 0 radical (unpaired) electrons. The lowest BCUT2D eigenvalue weighted by atomic mass is 10.2. The molecule has 0 saturated heterocycles. The van der Waals surface area contributed by atoms with Crippen molar-refractivity contribution in [3.8, 4) is 11.8 Å². The first kappa shape index (κ1) is 17.9. The summed E-state index contributed by atoms with van der Waals surface area (Å²) < 4.78 is 1.52. The van der Waals surface area contributed by atoms with Crippen molar-refractivity contribution < 1.29 is 4.79 Å². The number of amides is 1. The average Bonchev–Trinajstić information content (AvgIpc) is 3.10. The summed E-state index contributed by atoms with van der Waals surface area (Å²) >= 11 is 7.22. The van der Waals surface area contributed by atoms with Crippen molar-refractivity contribution in [2.24, 2.45) is 0 Å². The zero-order chi connectivity index (χ0) is 18.5. The predicted molar refractivity (Wildman–Crippen MR) is 99.3 cm³/mol. The first-order valence-corrected chi connectivity index (χ1v) is 8.85. The lowest BCUT2D eigenvalue weighted by molar-refractivity contribution is -0.115. The molecule has 0 aliphatic heterocycles. The highest BCUT2D eigenvalue weighted by molar-refractivity contribution is 8.00. The maximum Gasteiger partial charge on any atom is 0.237 e. The van der Waals surface area contributed by atoms with Crippen molar-refractivity contribution in [3.05, 3.63) is 59.1 Å². The van der Waals surface area contributed by atoms with Crippen molar-refractivity contribution in [1.29, 1.82) is 5.26 Å². The number of rotatable bonds is 5. The molecule has 7 nitrogen and oxygen atoms in total. The molecule has 0 aliphatic carbocycles. The fourth-order valence-electron chi connectivity index (χ4n) is 2.16. The van der Waals surface area contributed by atoms with Gasteiger partial charge < -0.3 is 5.32 Å². The van der Waals surface area contributed by atoms with Crippen LogP contribution in [0.5, 0.6) is 0 Å². The number of nitrogens with one attached hydrogen (secondary N) is 1. The van der Waals surface area contributed by atoms with Crippen LogP contribution in [-0.2, 0) is 4.79 Å². The number of halogens is 1. The Hall–Kier alpha value is -2.89. The minimum atomic E-state index is -0.481. The Kier molecular flexibility index (Phi) is 5.51. The van der Waals surface area contributed by atoms with Gasteiger partial charge in [-0.2, -0.15) is 9.94 Å². The lowest BCUT2D eigenvalue weighted by Gasteiger charge is -2.12. The monoisotopic (exact) mass is 384 g/mol. The molecule has 0 aliphatic rings. The van der Waals surface area contributed by atoms with Gasteiger partial charge in [-0.1, -0.05) is 41.6 Å². The number of carbonyl (C=O) groups excluding carboxylic acids is 1. The van der Waals surface area contributed by atoms with Crippen molar-refractivity contribution in [1.82, 2.24) is 20.2 Å². The fraction of sp³-hybridized carbons (Fsp3) is 0.118. The van der Waals surface area contributed by atoms with Gasteiger partial charge in [0.2, 0.25) is 11.1 Å². The van der Waals surface area contributed by atoms with Crippen LogP contribution in [0, 0.1) is 11.3 Å². The fourth-order valence-corrected chi connectivity index (χ4v) is 3.15. The van der Waals surface area contributed by atoms with Gasteiger partial charge in [-0.15, -0.1) is 5.10 Å². The molecule has 0 spiro atoms. The van der Waals surface area contributed by atoms with Crippen LogP contribution < -0.4 is 5.32 Å². The molecule has 0 saturated carbocycles. The molecule has 130 valence electrons. The Balaban J connectivity index is 1.75. The number of nitrogens with zero attached hydrogens (tertiary/aromatic N) is 5. The van der Waals surface area contributed by atoms with Crippen molar-refractivity contribution in [2.45, 2.75) is 17.3 Å². The smallest absolute Gasteiger partial charge is 0.237 e. The van der Waals surface area contributed by atoms with E-state index in [1.54, 1.807) is 49.4 Å². The SMILES string of the molecule is C[C@H](Sc1nnnn1-c1cccc(Cl)c1)C(=O)Nc1ccccc1C#N. The van der Waals surface area contributed by atoms with E-state index in [1.807, 2.05) is 6.07 Å². The van der Waals surface area contributed by atoms with Gasteiger partial charge in [-0.25, -0.2) is 0 Å². The molecule has 1 N–H and O–H groups in total. The second kappa shape index (κ2) is 7.99. The Bertz CT molecular complexity index is 983. The minimum Gasteiger partial charge on any atom is -0.324 e. The van der Waals surface area contributed by atoms with Crippen LogP contribution in [0.2, 0.25) is 5.02 Å². The van der Waals surface area contributed by atoms with E-state index >= 15 is 0 Å². The molecule has 1 atom stereocenters. The number of benzene rings is 2. The number of aromatic nitrogens is 4. The van der Waals surface area contributed by atoms with Gasteiger partial charge >= 0.3 is 0 Å². The van der Waals surface area contributed by atoms with Gasteiger partial charge in [0.25, 0.3) is 0 Å². The molecule has 3 aromatic rings. The van der Waals surface area contributed by atoms with E-state index in [-0.39, 0.29) is 5.91 Å². The molecule has 0 unspecified atom stereocenters. The molecule has 0 bridgehead atoms. The molecule has 0 fully saturated rings. The summed E-state index contributed by atoms with van der Waals surface area (Å²) in [6, 6.07) is 16.0. The predicted octanol–water partition coefficient (Wildman–Crippen LogP) is 3.31. The Morgan fingerprint density at radius 1 is 1.31 bits per heavy atom. The standard InChI is InChI=1S/C17H13ClN6OS/c1-11(16(25)20-15-8-3-2-5-12(15)10-19)26-17-21-22-23-24(17)14-7-4-6-13(18)9-14/h2-9,11H,1H3,(H,20,25)/t11-/m0/s1. The molecule has 1 aromatic heterocycles. The highest BCUT2D eigenvalue weighted by Crippen LogP contribution is 2.25.